The zero-order valence-corrected chi connectivity index (χ0v) is 14.6. The molecular weight excluding hydrogens is 274 g/mol. The maximum absolute atomic E-state index is 4.74. The van der Waals surface area contributed by atoms with Crippen molar-refractivity contribution in [2.45, 2.75) is 46.2 Å². The van der Waals surface area contributed by atoms with Gasteiger partial charge in [-0.1, -0.05) is 6.92 Å². The van der Waals surface area contributed by atoms with Crippen molar-refractivity contribution in [1.29, 1.82) is 0 Å². The molecule has 2 unspecified atom stereocenters. The van der Waals surface area contributed by atoms with Gasteiger partial charge in [0.15, 0.2) is 5.13 Å². The maximum atomic E-state index is 4.74. The van der Waals surface area contributed by atoms with Crippen LogP contribution in [0.15, 0.2) is 0 Å². The van der Waals surface area contributed by atoms with Crippen LogP contribution in [0.2, 0.25) is 0 Å². The van der Waals surface area contributed by atoms with E-state index >= 15 is 0 Å². The molecule has 0 aromatic carbocycles. The first-order chi connectivity index (χ1) is 9.01. The third-order valence-electron chi connectivity index (χ3n) is 3.29. The molecule has 0 aliphatic carbocycles. The van der Waals surface area contributed by atoms with Crippen LogP contribution in [-0.2, 0) is 0 Å². The van der Waals surface area contributed by atoms with E-state index < -0.39 is 0 Å². The van der Waals surface area contributed by atoms with Crippen molar-refractivity contribution in [3.05, 3.63) is 10.6 Å². The van der Waals surface area contributed by atoms with Gasteiger partial charge in [-0.15, -0.1) is 11.3 Å². The summed E-state index contributed by atoms with van der Waals surface area (Å²) in [6.45, 7) is 9.86. The smallest absolute Gasteiger partial charge is 0.185 e. The lowest BCUT2D eigenvalue weighted by Gasteiger charge is -2.23. The second-order valence-corrected chi connectivity index (χ2v) is 6.96. The van der Waals surface area contributed by atoms with Crippen molar-refractivity contribution in [3.8, 4) is 0 Å². The molecule has 19 heavy (non-hydrogen) atoms. The molecule has 0 radical (unpaired) electrons. The van der Waals surface area contributed by atoms with Gasteiger partial charge in [0.05, 0.1) is 5.69 Å². The Morgan fingerprint density at radius 1 is 1.42 bits per heavy atom. The quantitative estimate of drug-likeness (QED) is 0.792. The Hall–Kier alpha value is -0.260. The highest BCUT2D eigenvalue weighted by molar-refractivity contribution is 7.98. The molecule has 1 aromatic heterocycles. The summed E-state index contributed by atoms with van der Waals surface area (Å²) in [7, 11) is 2.15. The lowest BCUT2D eigenvalue weighted by Crippen LogP contribution is -2.30. The highest BCUT2D eigenvalue weighted by Gasteiger charge is 2.18. The van der Waals surface area contributed by atoms with Crippen LogP contribution < -0.4 is 10.2 Å². The molecule has 1 N–H and O–H groups in total. The molecule has 0 aliphatic heterocycles. The second kappa shape index (κ2) is 8.12. The molecule has 0 amide bonds. The van der Waals surface area contributed by atoms with Gasteiger partial charge in [0, 0.05) is 29.8 Å². The molecule has 0 bridgehead atoms. The monoisotopic (exact) mass is 301 g/mol. The molecule has 0 spiro atoms. The van der Waals surface area contributed by atoms with E-state index in [4.69, 9.17) is 4.98 Å². The molecule has 110 valence electrons. The van der Waals surface area contributed by atoms with Gasteiger partial charge >= 0.3 is 0 Å². The van der Waals surface area contributed by atoms with Crippen LogP contribution in [0.4, 0.5) is 5.13 Å². The number of nitrogens with one attached hydrogen (secondary N) is 1. The second-order valence-electron chi connectivity index (χ2n) is 5.04. The van der Waals surface area contributed by atoms with Gasteiger partial charge in [-0.25, -0.2) is 4.98 Å². The van der Waals surface area contributed by atoms with Crippen LogP contribution in [0.3, 0.4) is 0 Å². The Morgan fingerprint density at radius 3 is 2.68 bits per heavy atom. The van der Waals surface area contributed by atoms with E-state index in [1.54, 1.807) is 0 Å². The van der Waals surface area contributed by atoms with Gasteiger partial charge in [0.1, 0.15) is 0 Å². The number of hydrogen-bond donors (Lipinski definition) is 1. The van der Waals surface area contributed by atoms with E-state index in [-0.39, 0.29) is 0 Å². The van der Waals surface area contributed by atoms with Crippen LogP contribution in [0.5, 0.6) is 0 Å². The molecule has 2 atom stereocenters. The van der Waals surface area contributed by atoms with Crippen LogP contribution in [-0.4, -0.2) is 36.6 Å². The Labute approximate surface area is 126 Å². The normalized spacial score (nSPS) is 14.4. The number of thioether (sulfide) groups is 1. The minimum Gasteiger partial charge on any atom is -0.348 e. The average molecular weight is 302 g/mol. The van der Waals surface area contributed by atoms with E-state index in [9.17, 15) is 0 Å². The van der Waals surface area contributed by atoms with Crippen molar-refractivity contribution in [3.63, 3.8) is 0 Å². The van der Waals surface area contributed by atoms with Gasteiger partial charge < -0.3 is 10.2 Å². The highest BCUT2D eigenvalue weighted by Crippen LogP contribution is 2.31. The summed E-state index contributed by atoms with van der Waals surface area (Å²) in [5.74, 6) is 1.13. The summed E-state index contributed by atoms with van der Waals surface area (Å²) < 4.78 is 0. The molecule has 3 nitrogen and oxygen atoms in total. The summed E-state index contributed by atoms with van der Waals surface area (Å²) in [6, 6.07) is 0.919. The lowest BCUT2D eigenvalue weighted by atomic mass is 10.2. The fraction of sp³-hybridized carbons (Fsp3) is 0.786. The van der Waals surface area contributed by atoms with Crippen molar-refractivity contribution in [2.75, 3.05) is 30.5 Å². The summed E-state index contributed by atoms with van der Waals surface area (Å²) in [4.78, 5) is 8.40. The number of hydrogen-bond acceptors (Lipinski definition) is 5. The first kappa shape index (κ1) is 16.8. The minimum atomic E-state index is 0.399. The SMILES string of the molecule is CCCNC(C)c1sc(N(C)C(C)CSC)nc1C. The van der Waals surface area contributed by atoms with Crippen molar-refractivity contribution in [1.82, 2.24) is 10.3 Å². The average Bonchev–Trinajstić information content (AvgIpc) is 2.77. The van der Waals surface area contributed by atoms with Gasteiger partial charge in [0.2, 0.25) is 0 Å². The Bertz CT molecular complexity index is 379. The zero-order valence-electron chi connectivity index (χ0n) is 13.0. The fourth-order valence-corrected chi connectivity index (χ4v) is 3.80. The Kier molecular flexibility index (Phi) is 7.18. The fourth-order valence-electron chi connectivity index (χ4n) is 1.94. The molecule has 1 aromatic rings. The molecule has 0 saturated carbocycles. The number of nitrogens with zero attached hydrogens (tertiary/aromatic N) is 2. The van der Waals surface area contributed by atoms with Crippen LogP contribution in [0.25, 0.3) is 0 Å². The Morgan fingerprint density at radius 2 is 2.11 bits per heavy atom. The summed E-state index contributed by atoms with van der Waals surface area (Å²) in [6.07, 6.45) is 3.32. The minimum absolute atomic E-state index is 0.399. The molecule has 5 heteroatoms. The third kappa shape index (κ3) is 4.65. The predicted octanol–water partition coefficient (Wildman–Crippen LogP) is 3.70. The summed E-state index contributed by atoms with van der Waals surface area (Å²) in [5.41, 5.74) is 1.17. The van der Waals surface area contributed by atoms with Gasteiger partial charge in [0.25, 0.3) is 0 Å². The van der Waals surface area contributed by atoms with E-state index in [0.29, 0.717) is 12.1 Å². The lowest BCUT2D eigenvalue weighted by molar-refractivity contribution is 0.575. The number of aryl methyl sites for hydroxylation is 1. The number of anilines is 1. The van der Waals surface area contributed by atoms with E-state index in [1.165, 1.54) is 17.0 Å². The molecule has 1 rings (SSSR count). The third-order valence-corrected chi connectivity index (χ3v) is 5.53. The first-order valence-electron chi connectivity index (χ1n) is 6.93. The van der Waals surface area contributed by atoms with Crippen LogP contribution in [0, 0.1) is 6.92 Å². The van der Waals surface area contributed by atoms with Crippen molar-refractivity contribution in [2.24, 2.45) is 0 Å². The van der Waals surface area contributed by atoms with Gasteiger partial charge in [-0.3, -0.25) is 0 Å². The van der Waals surface area contributed by atoms with E-state index in [0.717, 1.165) is 17.4 Å². The van der Waals surface area contributed by atoms with E-state index in [2.05, 4.69) is 51.2 Å². The van der Waals surface area contributed by atoms with Crippen LogP contribution >= 0.6 is 23.1 Å². The molecule has 0 aliphatic rings. The number of rotatable bonds is 8. The zero-order chi connectivity index (χ0) is 14.4. The van der Waals surface area contributed by atoms with E-state index in [1.807, 2.05) is 23.1 Å². The largest absolute Gasteiger partial charge is 0.348 e. The first-order valence-corrected chi connectivity index (χ1v) is 9.14. The molecule has 0 saturated heterocycles. The van der Waals surface area contributed by atoms with Crippen LogP contribution in [0.1, 0.15) is 43.8 Å². The molecular formula is C14H27N3S2. The molecule has 0 fully saturated rings. The van der Waals surface area contributed by atoms with Crippen molar-refractivity contribution >= 4 is 28.2 Å². The topological polar surface area (TPSA) is 28.2 Å². The number of thiazole rings is 1. The van der Waals surface area contributed by atoms with Gasteiger partial charge in [-0.05, 0) is 40.0 Å². The summed E-state index contributed by atoms with van der Waals surface area (Å²) in [5, 5.41) is 4.68. The maximum Gasteiger partial charge on any atom is 0.185 e. The standard InChI is InChI=1S/C14H27N3S2/c1-7-8-15-11(3)13-12(4)16-14(19-13)17(5)10(2)9-18-6/h10-11,15H,7-9H2,1-6H3. The predicted molar refractivity (Wildman–Crippen MR) is 89.8 cm³/mol. The van der Waals surface area contributed by atoms with Gasteiger partial charge in [-0.2, -0.15) is 11.8 Å². The Balaban J connectivity index is 2.77. The summed E-state index contributed by atoms with van der Waals surface area (Å²) >= 11 is 3.71. The highest BCUT2D eigenvalue weighted by atomic mass is 32.2. The van der Waals surface area contributed by atoms with Crippen molar-refractivity contribution < 1.29 is 0 Å². The number of aromatic nitrogens is 1. The molecule has 1 heterocycles.